The third kappa shape index (κ3) is 3.93. The van der Waals surface area contributed by atoms with E-state index in [-0.39, 0.29) is 24.1 Å². The van der Waals surface area contributed by atoms with Gasteiger partial charge in [0.2, 0.25) is 0 Å². The molecule has 3 rings (SSSR count). The first-order chi connectivity index (χ1) is 12.9. The minimum absolute atomic E-state index is 0.00822. The van der Waals surface area contributed by atoms with Crippen molar-refractivity contribution in [2.75, 3.05) is 5.32 Å². The fourth-order valence-electron chi connectivity index (χ4n) is 3.18. The number of hydrogen-bond donors (Lipinski definition) is 5. The number of aliphatic hydroxyl groups is 1. The summed E-state index contributed by atoms with van der Waals surface area (Å²) in [6.45, 7) is 4.01. The Hall–Kier alpha value is -2.93. The second-order valence-corrected chi connectivity index (χ2v) is 7.14. The molecule has 27 heavy (non-hydrogen) atoms. The van der Waals surface area contributed by atoms with Crippen LogP contribution in [-0.2, 0) is 0 Å². The number of nitrogens with two attached hydrogens (primary N) is 1. The number of carbonyl (C=O) groups excluding carboxylic acids is 1. The highest BCUT2D eigenvalue weighted by atomic mass is 16.3. The number of aromatic nitrogens is 1. The van der Waals surface area contributed by atoms with E-state index in [9.17, 15) is 9.90 Å². The van der Waals surface area contributed by atoms with Gasteiger partial charge in [-0.15, -0.1) is 0 Å². The Bertz CT molecular complexity index is 901. The van der Waals surface area contributed by atoms with Crippen molar-refractivity contribution < 1.29 is 9.90 Å². The quantitative estimate of drug-likeness (QED) is 0.501. The van der Waals surface area contributed by atoms with Crippen LogP contribution in [-0.4, -0.2) is 40.4 Å². The molecule has 0 aliphatic heterocycles. The number of hydrogen-bond acceptors (Lipinski definition) is 6. The zero-order valence-corrected chi connectivity index (χ0v) is 15.5. The summed E-state index contributed by atoms with van der Waals surface area (Å²) < 4.78 is 0. The molecule has 1 aromatic carbocycles. The van der Waals surface area contributed by atoms with Gasteiger partial charge in [0, 0.05) is 41.7 Å². The van der Waals surface area contributed by atoms with E-state index >= 15 is 0 Å². The van der Waals surface area contributed by atoms with E-state index in [0.717, 1.165) is 16.5 Å². The Morgan fingerprint density at radius 1 is 1.41 bits per heavy atom. The van der Waals surface area contributed by atoms with Crippen molar-refractivity contribution in [2.24, 2.45) is 5.73 Å². The first-order valence-corrected chi connectivity index (χ1v) is 9.04. The first-order valence-electron chi connectivity index (χ1n) is 9.04. The lowest BCUT2D eigenvalue weighted by atomic mass is 9.89. The summed E-state index contributed by atoms with van der Waals surface area (Å²) in [5.41, 5.74) is 8.90. The highest BCUT2D eigenvalue weighted by molar-refractivity contribution is 6.11. The summed E-state index contributed by atoms with van der Waals surface area (Å²) in [6.07, 6.45) is 4.98. The normalized spacial score (nSPS) is 19.6. The van der Waals surface area contributed by atoms with Gasteiger partial charge in [-0.25, -0.2) is 0 Å². The predicted molar refractivity (Wildman–Crippen MR) is 108 cm³/mol. The smallest absolute Gasteiger partial charge is 0.255 e. The van der Waals surface area contributed by atoms with E-state index in [1.807, 2.05) is 32.0 Å². The van der Waals surface area contributed by atoms with Crippen LogP contribution < -0.4 is 16.4 Å². The Morgan fingerprint density at radius 3 is 2.74 bits per heavy atom. The number of fused-ring (bicyclic) bond motifs is 1. The second-order valence-electron chi connectivity index (χ2n) is 7.14. The molecule has 7 heteroatoms. The molecule has 1 saturated carbocycles. The van der Waals surface area contributed by atoms with E-state index < -0.39 is 0 Å². The van der Waals surface area contributed by atoms with Gasteiger partial charge in [0.05, 0.1) is 22.9 Å². The molecule has 142 valence electrons. The van der Waals surface area contributed by atoms with Crippen LogP contribution in [0.15, 0.2) is 30.6 Å². The summed E-state index contributed by atoms with van der Waals surface area (Å²) in [4.78, 5) is 17.2. The maximum atomic E-state index is 12.8. The van der Waals surface area contributed by atoms with E-state index in [1.54, 1.807) is 6.20 Å². The number of allylic oxidation sites excluding steroid dienone is 1. The summed E-state index contributed by atoms with van der Waals surface area (Å²) in [5, 5.41) is 24.1. The average molecular weight is 367 g/mol. The van der Waals surface area contributed by atoms with Crippen LogP contribution in [0.1, 0.15) is 42.6 Å². The molecule has 0 saturated heterocycles. The molecule has 1 aromatic heterocycles. The van der Waals surface area contributed by atoms with Crippen molar-refractivity contribution in [1.82, 2.24) is 10.3 Å². The van der Waals surface area contributed by atoms with E-state index in [4.69, 9.17) is 11.1 Å². The van der Waals surface area contributed by atoms with Gasteiger partial charge in [-0.05, 0) is 44.4 Å². The molecule has 0 unspecified atom stereocenters. The van der Waals surface area contributed by atoms with Gasteiger partial charge in [0.15, 0.2) is 0 Å². The zero-order valence-electron chi connectivity index (χ0n) is 15.5. The largest absolute Gasteiger partial charge is 0.404 e. The van der Waals surface area contributed by atoms with Crippen LogP contribution in [0, 0.1) is 5.41 Å². The molecule has 2 aromatic rings. The number of nitrogens with zero attached hydrogens (tertiary/aromatic N) is 1. The maximum absolute atomic E-state index is 12.8. The van der Waals surface area contributed by atoms with Gasteiger partial charge in [-0.1, -0.05) is 6.07 Å². The molecule has 1 fully saturated rings. The molecule has 0 radical (unpaired) electrons. The number of carbonyl (C=O) groups is 1. The predicted octanol–water partition coefficient (Wildman–Crippen LogP) is 2.26. The van der Waals surface area contributed by atoms with Gasteiger partial charge >= 0.3 is 0 Å². The van der Waals surface area contributed by atoms with Gasteiger partial charge < -0.3 is 26.9 Å². The molecule has 1 aliphatic carbocycles. The number of pyridine rings is 1. The van der Waals surface area contributed by atoms with Gasteiger partial charge in [-0.2, -0.15) is 0 Å². The average Bonchev–Trinajstić information content (AvgIpc) is 2.61. The Balaban J connectivity index is 2.06. The molecule has 0 spiro atoms. The molecule has 6 N–H and O–H groups in total. The van der Waals surface area contributed by atoms with Crippen molar-refractivity contribution in [3.8, 4) is 0 Å². The summed E-state index contributed by atoms with van der Waals surface area (Å²) in [7, 11) is 0. The van der Waals surface area contributed by atoms with Crippen molar-refractivity contribution in [3.05, 3.63) is 41.7 Å². The highest BCUT2D eigenvalue weighted by Gasteiger charge is 2.29. The van der Waals surface area contributed by atoms with Crippen LogP contribution in [0.4, 0.5) is 5.69 Å². The van der Waals surface area contributed by atoms with Gasteiger partial charge in [0.25, 0.3) is 5.91 Å². The fourth-order valence-corrected chi connectivity index (χ4v) is 3.18. The molecule has 1 heterocycles. The van der Waals surface area contributed by atoms with Crippen molar-refractivity contribution >= 4 is 34.3 Å². The Morgan fingerprint density at radius 2 is 2.15 bits per heavy atom. The van der Waals surface area contributed by atoms with Crippen LogP contribution >= 0.6 is 0 Å². The molecule has 1 aliphatic rings. The topological polar surface area (TPSA) is 124 Å². The van der Waals surface area contributed by atoms with Crippen LogP contribution in [0.5, 0.6) is 0 Å². The molecule has 7 nitrogen and oxygen atoms in total. The number of aliphatic hydroxyl groups excluding tert-OH is 1. The summed E-state index contributed by atoms with van der Waals surface area (Å²) >= 11 is 0. The van der Waals surface area contributed by atoms with Crippen LogP contribution in [0.2, 0.25) is 0 Å². The maximum Gasteiger partial charge on any atom is 0.255 e. The van der Waals surface area contributed by atoms with E-state index in [2.05, 4.69) is 15.6 Å². The zero-order chi connectivity index (χ0) is 19.6. The lowest BCUT2D eigenvalue weighted by Gasteiger charge is -2.32. The number of benzene rings is 1. The third-order valence-electron chi connectivity index (χ3n) is 4.66. The minimum atomic E-state index is -0.330. The summed E-state index contributed by atoms with van der Waals surface area (Å²) in [5.74, 6) is -0.212. The molecule has 1 amide bonds. The van der Waals surface area contributed by atoms with Crippen molar-refractivity contribution in [1.29, 1.82) is 5.41 Å². The molecular formula is C20H25N5O2. The van der Waals surface area contributed by atoms with Gasteiger partial charge in [-0.3, -0.25) is 9.78 Å². The van der Waals surface area contributed by atoms with E-state index in [1.165, 1.54) is 12.4 Å². The minimum Gasteiger partial charge on any atom is -0.404 e. The number of anilines is 1. The van der Waals surface area contributed by atoms with Crippen molar-refractivity contribution in [2.45, 2.75) is 44.9 Å². The number of rotatable bonds is 6. The van der Waals surface area contributed by atoms with Crippen molar-refractivity contribution in [3.63, 3.8) is 0 Å². The van der Waals surface area contributed by atoms with Crippen LogP contribution in [0.25, 0.3) is 16.5 Å². The second kappa shape index (κ2) is 7.75. The van der Waals surface area contributed by atoms with Gasteiger partial charge in [0.1, 0.15) is 0 Å². The summed E-state index contributed by atoms with van der Waals surface area (Å²) in [6, 6.07) is 5.70. The number of amides is 1. The number of nitrogens with one attached hydrogen (secondary N) is 3. The van der Waals surface area contributed by atoms with E-state index in [0.29, 0.717) is 29.7 Å². The molecule has 0 atom stereocenters. The fraction of sp³-hybridized carbons (Fsp3) is 0.350. The highest BCUT2D eigenvalue weighted by Crippen LogP contribution is 2.30. The van der Waals surface area contributed by atoms with Crippen LogP contribution in [0.3, 0.4) is 0 Å². The Kier molecular flexibility index (Phi) is 5.41. The standard InChI is InChI=1S/C20H25N5O2/c1-11(2)24-19-16-5-12(13(8-21)9-22)3-4-18(16)23-10-17(19)20(27)25-14-6-15(26)7-14/h3-5,8-11,14-15,21,26H,6-7,22H2,1-2H3,(H,23,24)(H,25,27)/b13-9+,21-8?/t14-,15-. The molecule has 0 bridgehead atoms. The lowest BCUT2D eigenvalue weighted by Crippen LogP contribution is -2.46. The third-order valence-corrected chi connectivity index (χ3v) is 4.66. The molecular weight excluding hydrogens is 342 g/mol. The lowest BCUT2D eigenvalue weighted by molar-refractivity contribution is 0.0563. The monoisotopic (exact) mass is 367 g/mol. The Labute approximate surface area is 158 Å². The SMILES string of the molecule is CC(C)Nc1c(C(=O)N[C@H]2C[C@H](O)C2)cnc2ccc(/C(C=N)=C/N)cc12. The first kappa shape index (κ1) is 18.8.